The molecule has 1 saturated heterocycles. The van der Waals surface area contributed by atoms with Crippen LogP contribution in [0.2, 0.25) is 0 Å². The van der Waals surface area contributed by atoms with Crippen LogP contribution in [-0.2, 0) is 14.3 Å². The molecule has 6 nitrogen and oxygen atoms in total. The van der Waals surface area contributed by atoms with Gasteiger partial charge in [0.25, 0.3) is 0 Å². The summed E-state index contributed by atoms with van der Waals surface area (Å²) in [7, 11) is 0. The molecule has 2 bridgehead atoms. The molecule has 2 aliphatic carbocycles. The van der Waals surface area contributed by atoms with Crippen LogP contribution in [-0.4, -0.2) is 29.7 Å². The van der Waals surface area contributed by atoms with E-state index in [-0.39, 0.29) is 46.8 Å². The van der Waals surface area contributed by atoms with E-state index >= 15 is 0 Å². The van der Waals surface area contributed by atoms with Gasteiger partial charge in [-0.1, -0.05) is 48.6 Å². The second-order valence-electron chi connectivity index (χ2n) is 8.34. The average Bonchev–Trinajstić information content (AvgIpc) is 3.47. The Hall–Kier alpha value is -3.54. The van der Waals surface area contributed by atoms with E-state index in [0.717, 1.165) is 6.42 Å². The lowest BCUT2D eigenvalue weighted by Crippen LogP contribution is -2.33. The topological polar surface area (TPSA) is 80.8 Å². The Morgan fingerprint density at radius 3 is 2.16 bits per heavy atom. The number of anilines is 1. The minimum atomic E-state index is -0.963. The number of fused-ring (bicyclic) bond motifs is 5. The summed E-state index contributed by atoms with van der Waals surface area (Å²) in [6.07, 6.45) is 3.98. The Bertz CT molecular complexity index is 1090. The molecule has 1 heterocycles. The van der Waals surface area contributed by atoms with E-state index in [0.29, 0.717) is 11.3 Å². The first-order chi connectivity index (χ1) is 15.0. The highest BCUT2D eigenvalue weighted by Gasteiger charge is 2.59. The molecule has 0 radical (unpaired) electrons. The number of Topliss-reactive ketones (excluding diaryl/α,β-unsaturated/α-hetero) is 1. The van der Waals surface area contributed by atoms with E-state index in [1.807, 2.05) is 12.2 Å². The summed E-state index contributed by atoms with van der Waals surface area (Å²) >= 11 is 0. The number of esters is 1. The number of benzene rings is 2. The number of ketones is 1. The highest BCUT2D eigenvalue weighted by Crippen LogP contribution is 2.53. The molecule has 1 saturated carbocycles. The summed E-state index contributed by atoms with van der Waals surface area (Å²) < 4.78 is 5.36. The third kappa shape index (κ3) is 3.10. The number of ether oxygens (including phenoxy) is 1. The smallest absolute Gasteiger partial charge is 0.338 e. The van der Waals surface area contributed by atoms with E-state index in [9.17, 15) is 19.2 Å². The number of amides is 2. The lowest BCUT2D eigenvalue weighted by molar-refractivity contribution is -0.123. The van der Waals surface area contributed by atoms with Gasteiger partial charge in [0.1, 0.15) is 0 Å². The molecule has 0 aromatic heterocycles. The minimum absolute atomic E-state index is 0.120. The maximum Gasteiger partial charge on any atom is 0.338 e. The predicted molar refractivity (Wildman–Crippen MR) is 112 cm³/mol. The van der Waals surface area contributed by atoms with Crippen molar-refractivity contribution in [3.63, 3.8) is 0 Å². The number of hydrogen-bond acceptors (Lipinski definition) is 5. The fourth-order valence-corrected chi connectivity index (χ4v) is 5.05. The van der Waals surface area contributed by atoms with Crippen molar-refractivity contribution in [2.45, 2.75) is 19.4 Å². The maximum atomic E-state index is 13.0. The van der Waals surface area contributed by atoms with Gasteiger partial charge in [-0.3, -0.25) is 14.4 Å². The second kappa shape index (κ2) is 7.30. The van der Waals surface area contributed by atoms with Gasteiger partial charge in [-0.05, 0) is 43.4 Å². The number of carbonyl (C=O) groups excluding carboxylic acids is 4. The zero-order valence-corrected chi connectivity index (χ0v) is 16.9. The van der Waals surface area contributed by atoms with E-state index in [4.69, 9.17) is 4.74 Å². The van der Waals surface area contributed by atoms with Crippen LogP contribution in [0.1, 0.15) is 34.1 Å². The highest BCUT2D eigenvalue weighted by molar-refractivity contribution is 6.23. The lowest BCUT2D eigenvalue weighted by atomic mass is 9.85. The summed E-state index contributed by atoms with van der Waals surface area (Å²) in [5, 5.41) is 0. The molecule has 5 rings (SSSR count). The monoisotopic (exact) mass is 415 g/mol. The number of rotatable bonds is 5. The number of hydrogen-bond donors (Lipinski definition) is 0. The van der Waals surface area contributed by atoms with Gasteiger partial charge >= 0.3 is 5.97 Å². The van der Waals surface area contributed by atoms with Gasteiger partial charge in [0, 0.05) is 5.56 Å². The van der Waals surface area contributed by atoms with Crippen molar-refractivity contribution in [2.75, 3.05) is 4.90 Å². The summed E-state index contributed by atoms with van der Waals surface area (Å²) in [4.78, 5) is 52.3. The Balaban J connectivity index is 1.34. The minimum Gasteiger partial charge on any atom is -0.451 e. The number of imide groups is 1. The summed E-state index contributed by atoms with van der Waals surface area (Å²) in [6.45, 7) is 1.52. The third-order valence-electron chi connectivity index (χ3n) is 6.52. The molecule has 0 N–H and O–H groups in total. The molecule has 2 fully saturated rings. The summed E-state index contributed by atoms with van der Waals surface area (Å²) in [6, 6.07) is 14.9. The first kappa shape index (κ1) is 19.4. The SMILES string of the molecule is C[C@H](OC(=O)c1cccc(N2C(=O)[C@H]3[C@H](C2=O)[C@H]2C=C[C@H]3C2)c1)C(=O)c1ccccc1. The Kier molecular flexibility index (Phi) is 4.58. The molecule has 6 heteroatoms. The molecular weight excluding hydrogens is 394 g/mol. The quantitative estimate of drug-likeness (QED) is 0.324. The van der Waals surface area contributed by atoms with Gasteiger partial charge in [0.2, 0.25) is 17.6 Å². The number of allylic oxidation sites excluding steroid dienone is 2. The van der Waals surface area contributed by atoms with Crippen molar-refractivity contribution in [1.82, 2.24) is 0 Å². The second-order valence-corrected chi connectivity index (χ2v) is 8.34. The van der Waals surface area contributed by atoms with Crippen LogP contribution in [0.25, 0.3) is 0 Å². The van der Waals surface area contributed by atoms with Gasteiger partial charge in [-0.15, -0.1) is 0 Å². The van der Waals surface area contributed by atoms with Crippen molar-refractivity contribution in [1.29, 1.82) is 0 Å². The van der Waals surface area contributed by atoms with Crippen LogP contribution < -0.4 is 4.90 Å². The van der Waals surface area contributed by atoms with Gasteiger partial charge in [-0.25, -0.2) is 9.69 Å². The molecular formula is C25H21NO5. The Labute approximate surface area is 179 Å². The van der Waals surface area contributed by atoms with Gasteiger partial charge < -0.3 is 4.74 Å². The van der Waals surface area contributed by atoms with Crippen molar-refractivity contribution < 1.29 is 23.9 Å². The normalized spacial score (nSPS) is 26.8. The van der Waals surface area contributed by atoms with Gasteiger partial charge in [0.05, 0.1) is 23.1 Å². The van der Waals surface area contributed by atoms with E-state index in [1.54, 1.807) is 48.5 Å². The van der Waals surface area contributed by atoms with Crippen molar-refractivity contribution >= 4 is 29.3 Å². The fourth-order valence-electron chi connectivity index (χ4n) is 5.05. The van der Waals surface area contributed by atoms with E-state index in [2.05, 4.69) is 0 Å². The molecule has 1 aliphatic heterocycles. The molecule has 31 heavy (non-hydrogen) atoms. The predicted octanol–water partition coefficient (Wildman–Crippen LogP) is 3.43. The standard InChI is InChI=1S/C25H21NO5/c1-14(22(27)15-6-3-2-4-7-15)31-25(30)18-8-5-9-19(13-18)26-23(28)20-16-10-11-17(12-16)21(20)24(26)29/h2-11,13-14,16-17,20-21H,12H2,1H3/t14-,16-,17-,20+,21+/m0/s1. The van der Waals surface area contributed by atoms with Crippen LogP contribution in [0.15, 0.2) is 66.7 Å². The van der Waals surface area contributed by atoms with Crippen molar-refractivity contribution in [3.8, 4) is 0 Å². The molecule has 5 atom stereocenters. The van der Waals surface area contributed by atoms with Crippen LogP contribution >= 0.6 is 0 Å². The zero-order valence-electron chi connectivity index (χ0n) is 16.9. The highest BCUT2D eigenvalue weighted by atomic mass is 16.5. The van der Waals surface area contributed by atoms with Crippen molar-refractivity contribution in [3.05, 3.63) is 77.9 Å². The van der Waals surface area contributed by atoms with Crippen LogP contribution in [0, 0.1) is 23.7 Å². The number of nitrogens with zero attached hydrogens (tertiary/aromatic N) is 1. The molecule has 156 valence electrons. The molecule has 0 spiro atoms. The summed E-state index contributed by atoms with van der Waals surface area (Å²) in [5.41, 5.74) is 1.00. The summed E-state index contributed by atoms with van der Waals surface area (Å²) in [5.74, 6) is -1.76. The molecule has 2 aromatic rings. The molecule has 2 aromatic carbocycles. The Morgan fingerprint density at radius 1 is 0.903 bits per heavy atom. The van der Waals surface area contributed by atoms with E-state index < -0.39 is 12.1 Å². The third-order valence-corrected chi connectivity index (χ3v) is 6.52. The first-order valence-electron chi connectivity index (χ1n) is 10.4. The van der Waals surface area contributed by atoms with Crippen LogP contribution in [0.5, 0.6) is 0 Å². The van der Waals surface area contributed by atoms with Crippen LogP contribution in [0.4, 0.5) is 5.69 Å². The molecule has 0 unspecified atom stereocenters. The maximum absolute atomic E-state index is 13.0. The van der Waals surface area contributed by atoms with Gasteiger partial charge in [0.15, 0.2) is 6.10 Å². The zero-order chi connectivity index (χ0) is 21.7. The van der Waals surface area contributed by atoms with Gasteiger partial charge in [-0.2, -0.15) is 0 Å². The molecule has 3 aliphatic rings. The Morgan fingerprint density at radius 2 is 1.52 bits per heavy atom. The average molecular weight is 415 g/mol. The molecule has 2 amide bonds. The fraction of sp³-hybridized carbons (Fsp3) is 0.280. The van der Waals surface area contributed by atoms with E-state index in [1.165, 1.54) is 17.9 Å². The van der Waals surface area contributed by atoms with Crippen LogP contribution in [0.3, 0.4) is 0 Å². The van der Waals surface area contributed by atoms with Crippen molar-refractivity contribution in [2.24, 2.45) is 23.7 Å². The largest absolute Gasteiger partial charge is 0.451 e. The number of carbonyl (C=O) groups is 4. The first-order valence-corrected chi connectivity index (χ1v) is 10.4. The lowest BCUT2D eigenvalue weighted by Gasteiger charge is -2.18.